The zero-order valence-corrected chi connectivity index (χ0v) is 14.0. The van der Waals surface area contributed by atoms with Crippen LogP contribution in [-0.2, 0) is 0 Å². The van der Waals surface area contributed by atoms with Gasteiger partial charge in [0.15, 0.2) is 0 Å². The van der Waals surface area contributed by atoms with Crippen LogP contribution in [0.2, 0.25) is 0 Å². The molecule has 0 heterocycles. The van der Waals surface area contributed by atoms with E-state index in [4.69, 9.17) is 0 Å². The van der Waals surface area contributed by atoms with E-state index in [1.807, 2.05) is 0 Å². The Hall–Kier alpha value is 0.310. The van der Waals surface area contributed by atoms with Crippen LogP contribution in [-0.4, -0.2) is 54.9 Å². The van der Waals surface area contributed by atoms with Crippen LogP contribution in [0.15, 0.2) is 0 Å². The van der Waals surface area contributed by atoms with E-state index in [0.717, 1.165) is 26.2 Å². The van der Waals surface area contributed by atoms with Crippen molar-refractivity contribution in [2.75, 3.05) is 45.6 Å². The molecular formula is C13H34N3P. The Morgan fingerprint density at radius 1 is 0.824 bits per heavy atom. The van der Waals surface area contributed by atoms with Crippen LogP contribution >= 0.6 is 7.06 Å². The molecule has 0 rings (SSSR count). The van der Waals surface area contributed by atoms with Crippen LogP contribution in [0.25, 0.3) is 0 Å². The molecule has 0 amide bonds. The Kier molecular flexibility index (Phi) is 7.16. The first-order chi connectivity index (χ1) is 8.01. The summed E-state index contributed by atoms with van der Waals surface area (Å²) in [4.78, 5) is 0. The van der Waals surface area contributed by atoms with Crippen LogP contribution in [0.5, 0.6) is 0 Å². The summed E-state index contributed by atoms with van der Waals surface area (Å²) in [5.41, 5.74) is 0. The molecule has 0 unspecified atom stereocenters. The summed E-state index contributed by atoms with van der Waals surface area (Å²) in [7, 11) is 0.201. The van der Waals surface area contributed by atoms with Gasteiger partial charge in [0.1, 0.15) is 0 Å². The molecule has 0 radical (unpaired) electrons. The SMILES string of the molecule is CCNP(CC)(CC)(N(C)CC)N(CC)CC. The van der Waals surface area contributed by atoms with Gasteiger partial charge in [0.2, 0.25) is 0 Å². The van der Waals surface area contributed by atoms with E-state index in [-0.39, 0.29) is 0 Å². The average molecular weight is 263 g/mol. The van der Waals surface area contributed by atoms with Gasteiger partial charge in [0.05, 0.1) is 0 Å². The van der Waals surface area contributed by atoms with Gasteiger partial charge in [-0.3, -0.25) is 0 Å². The van der Waals surface area contributed by atoms with E-state index < -0.39 is 7.06 Å². The Bertz CT molecular complexity index is 213. The molecule has 4 heteroatoms. The molecule has 0 saturated heterocycles. The molecule has 0 aromatic rings. The zero-order chi connectivity index (χ0) is 13.6. The molecule has 0 spiro atoms. The first-order valence-corrected chi connectivity index (χ1v) is 9.76. The van der Waals surface area contributed by atoms with Crippen molar-refractivity contribution in [1.82, 2.24) is 14.4 Å². The van der Waals surface area contributed by atoms with Crippen molar-refractivity contribution in [2.24, 2.45) is 0 Å². The van der Waals surface area contributed by atoms with Crippen LogP contribution in [0.4, 0.5) is 0 Å². The topological polar surface area (TPSA) is 18.5 Å². The Labute approximate surface area is 109 Å². The molecule has 0 aliphatic carbocycles. The summed E-state index contributed by atoms with van der Waals surface area (Å²) >= 11 is 0. The second-order valence-electron chi connectivity index (χ2n) is 4.65. The molecule has 0 saturated carbocycles. The van der Waals surface area contributed by atoms with Gasteiger partial charge in [-0.2, -0.15) is 0 Å². The van der Waals surface area contributed by atoms with Gasteiger partial charge in [0.25, 0.3) is 0 Å². The first-order valence-electron chi connectivity index (χ1n) is 7.25. The molecule has 106 valence electrons. The van der Waals surface area contributed by atoms with E-state index in [2.05, 4.69) is 63.0 Å². The minimum atomic E-state index is -2.10. The van der Waals surface area contributed by atoms with Gasteiger partial charge >= 0.3 is 109 Å². The fourth-order valence-electron chi connectivity index (χ4n) is 3.36. The quantitative estimate of drug-likeness (QED) is 0.644. The molecule has 0 atom stereocenters. The Morgan fingerprint density at radius 3 is 1.53 bits per heavy atom. The van der Waals surface area contributed by atoms with E-state index in [1.165, 1.54) is 12.3 Å². The summed E-state index contributed by atoms with van der Waals surface area (Å²) in [6.07, 6.45) is 2.45. The van der Waals surface area contributed by atoms with E-state index in [0.29, 0.717) is 0 Å². The standard InChI is InChI=1S/C13H34N3P/c1-8-14-17(12-5,13-6,15(7)9-2)16(10-3)11-4/h14H,8-13H2,1-7H3. The number of hydrogen-bond acceptors (Lipinski definition) is 3. The van der Waals surface area contributed by atoms with Crippen molar-refractivity contribution in [3.05, 3.63) is 0 Å². The van der Waals surface area contributed by atoms with Crippen LogP contribution in [0.3, 0.4) is 0 Å². The van der Waals surface area contributed by atoms with E-state index >= 15 is 0 Å². The Balaban J connectivity index is 5.68. The summed E-state index contributed by atoms with van der Waals surface area (Å²) in [5, 5.41) is 3.94. The molecule has 17 heavy (non-hydrogen) atoms. The minimum absolute atomic E-state index is 1.06. The molecular weight excluding hydrogens is 229 g/mol. The second-order valence-corrected chi connectivity index (χ2v) is 10.3. The number of nitrogens with one attached hydrogen (secondary N) is 1. The van der Waals surface area contributed by atoms with Crippen molar-refractivity contribution in [2.45, 2.75) is 41.5 Å². The third-order valence-corrected chi connectivity index (χ3v) is 12.0. The van der Waals surface area contributed by atoms with Crippen molar-refractivity contribution in [1.29, 1.82) is 0 Å². The molecule has 0 aliphatic heterocycles. The molecule has 3 nitrogen and oxygen atoms in total. The number of rotatable bonds is 9. The fraction of sp³-hybridized carbons (Fsp3) is 1.00. The normalized spacial score (nSPS) is 15.2. The number of nitrogens with zero attached hydrogens (tertiary/aromatic N) is 2. The second kappa shape index (κ2) is 7.04. The fourth-order valence-corrected chi connectivity index (χ4v) is 9.62. The van der Waals surface area contributed by atoms with Gasteiger partial charge in [-0.05, 0) is 0 Å². The predicted octanol–water partition coefficient (Wildman–Crippen LogP) is 3.23. The maximum atomic E-state index is 3.94. The first kappa shape index (κ1) is 17.3. The third-order valence-electron chi connectivity index (χ3n) is 4.51. The summed E-state index contributed by atoms with van der Waals surface area (Å²) in [6, 6.07) is 0. The molecule has 0 aliphatic rings. The third kappa shape index (κ3) is 2.68. The molecule has 0 bridgehead atoms. The monoisotopic (exact) mass is 263 g/mol. The van der Waals surface area contributed by atoms with Crippen molar-refractivity contribution < 1.29 is 0 Å². The molecule has 0 fully saturated rings. The molecule has 1 N–H and O–H groups in total. The summed E-state index contributed by atoms with van der Waals surface area (Å²) < 4.78 is 5.32. The molecule has 0 aromatic heterocycles. The Morgan fingerprint density at radius 2 is 1.29 bits per heavy atom. The average Bonchev–Trinajstić information content (AvgIpc) is 2.38. The van der Waals surface area contributed by atoms with Crippen molar-refractivity contribution >= 4 is 7.06 Å². The van der Waals surface area contributed by atoms with Gasteiger partial charge < -0.3 is 0 Å². The number of hydrogen-bond donors (Lipinski definition) is 1. The van der Waals surface area contributed by atoms with Crippen LogP contribution in [0.1, 0.15) is 41.5 Å². The summed E-state index contributed by atoms with van der Waals surface area (Å²) in [5.74, 6) is 0. The summed E-state index contributed by atoms with van der Waals surface area (Å²) in [6.45, 7) is 18.2. The van der Waals surface area contributed by atoms with Crippen LogP contribution < -0.4 is 5.09 Å². The van der Waals surface area contributed by atoms with Crippen molar-refractivity contribution in [3.63, 3.8) is 0 Å². The van der Waals surface area contributed by atoms with Crippen molar-refractivity contribution in [3.8, 4) is 0 Å². The van der Waals surface area contributed by atoms with Gasteiger partial charge in [-0.25, -0.2) is 0 Å². The van der Waals surface area contributed by atoms with Crippen LogP contribution in [0, 0.1) is 0 Å². The van der Waals surface area contributed by atoms with E-state index in [9.17, 15) is 0 Å². The van der Waals surface area contributed by atoms with Gasteiger partial charge in [-0.15, -0.1) is 0 Å². The molecule has 0 aromatic carbocycles. The van der Waals surface area contributed by atoms with E-state index in [1.54, 1.807) is 0 Å². The zero-order valence-electron chi connectivity index (χ0n) is 13.1. The van der Waals surface area contributed by atoms with Gasteiger partial charge in [0, 0.05) is 0 Å². The predicted molar refractivity (Wildman–Crippen MR) is 82.9 cm³/mol. The maximum absolute atomic E-state index is 3.94. The van der Waals surface area contributed by atoms with Gasteiger partial charge in [-0.1, -0.05) is 0 Å².